The molecule has 0 aromatic heterocycles. The SMILES string of the molecule is CCCC(NC(CC)c1ccc(Br)cc1)C(=O)O.Cl. The van der Waals surface area contributed by atoms with Crippen LogP contribution in [0.1, 0.15) is 44.7 Å². The zero-order valence-electron chi connectivity index (χ0n) is 11.2. The molecule has 0 amide bonds. The monoisotopic (exact) mass is 349 g/mol. The van der Waals surface area contributed by atoms with Crippen LogP contribution in [0.2, 0.25) is 0 Å². The van der Waals surface area contributed by atoms with Crippen LogP contribution in [-0.4, -0.2) is 17.1 Å². The number of hydrogen-bond donors (Lipinski definition) is 2. The lowest BCUT2D eigenvalue weighted by Gasteiger charge is -2.22. The first-order valence-electron chi connectivity index (χ1n) is 6.32. The second-order valence-electron chi connectivity index (χ2n) is 4.36. The highest BCUT2D eigenvalue weighted by atomic mass is 79.9. The van der Waals surface area contributed by atoms with E-state index in [4.69, 9.17) is 5.11 Å². The Morgan fingerprint density at radius 3 is 2.32 bits per heavy atom. The summed E-state index contributed by atoms with van der Waals surface area (Å²) in [5.74, 6) is -0.771. The third-order valence-electron chi connectivity index (χ3n) is 2.96. The molecule has 2 unspecified atom stereocenters. The van der Waals surface area contributed by atoms with Gasteiger partial charge in [0.05, 0.1) is 0 Å². The van der Waals surface area contributed by atoms with Crippen LogP contribution < -0.4 is 5.32 Å². The quantitative estimate of drug-likeness (QED) is 0.776. The van der Waals surface area contributed by atoms with Gasteiger partial charge >= 0.3 is 5.97 Å². The lowest BCUT2D eigenvalue weighted by atomic mass is 10.0. The van der Waals surface area contributed by atoms with E-state index < -0.39 is 12.0 Å². The molecule has 0 aliphatic rings. The largest absolute Gasteiger partial charge is 0.480 e. The van der Waals surface area contributed by atoms with Gasteiger partial charge in [0.15, 0.2) is 0 Å². The molecule has 1 aromatic carbocycles. The molecule has 19 heavy (non-hydrogen) atoms. The molecule has 1 rings (SSSR count). The van der Waals surface area contributed by atoms with Crippen molar-refractivity contribution in [3.63, 3.8) is 0 Å². The average Bonchev–Trinajstić information content (AvgIpc) is 2.35. The molecule has 5 heteroatoms. The number of carboxylic acid groups (broad SMARTS) is 1. The van der Waals surface area contributed by atoms with Crippen molar-refractivity contribution in [2.75, 3.05) is 0 Å². The average molecular weight is 351 g/mol. The standard InChI is InChI=1S/C14H20BrNO2.ClH/c1-3-5-13(14(17)18)16-12(4-2)10-6-8-11(15)9-7-10;/h6-9,12-13,16H,3-5H2,1-2H3,(H,17,18);1H. The Morgan fingerprint density at radius 1 is 1.32 bits per heavy atom. The molecule has 0 bridgehead atoms. The molecule has 0 fully saturated rings. The van der Waals surface area contributed by atoms with E-state index in [9.17, 15) is 4.79 Å². The molecule has 2 N–H and O–H groups in total. The van der Waals surface area contributed by atoms with Gasteiger partial charge in [0.25, 0.3) is 0 Å². The summed E-state index contributed by atoms with van der Waals surface area (Å²) in [6.45, 7) is 4.06. The molecule has 0 aliphatic heterocycles. The van der Waals surface area contributed by atoms with E-state index in [2.05, 4.69) is 28.2 Å². The van der Waals surface area contributed by atoms with Crippen LogP contribution in [-0.2, 0) is 4.79 Å². The molecular weight excluding hydrogens is 330 g/mol. The van der Waals surface area contributed by atoms with Crippen molar-refractivity contribution >= 4 is 34.3 Å². The third-order valence-corrected chi connectivity index (χ3v) is 3.49. The first kappa shape index (κ1) is 18.4. The van der Waals surface area contributed by atoms with Crippen LogP contribution in [0.3, 0.4) is 0 Å². The van der Waals surface area contributed by atoms with E-state index in [1.54, 1.807) is 0 Å². The number of carbonyl (C=O) groups is 1. The summed E-state index contributed by atoms with van der Waals surface area (Å²) in [4.78, 5) is 11.2. The van der Waals surface area contributed by atoms with Crippen molar-refractivity contribution in [3.05, 3.63) is 34.3 Å². The molecule has 2 atom stereocenters. The summed E-state index contributed by atoms with van der Waals surface area (Å²) >= 11 is 3.40. The smallest absolute Gasteiger partial charge is 0.320 e. The van der Waals surface area contributed by atoms with Gasteiger partial charge in [-0.3, -0.25) is 10.1 Å². The normalized spacial score (nSPS) is 13.4. The number of halogens is 2. The van der Waals surface area contributed by atoms with Crippen LogP contribution >= 0.6 is 28.3 Å². The molecule has 3 nitrogen and oxygen atoms in total. The molecule has 0 radical (unpaired) electrons. The van der Waals surface area contributed by atoms with E-state index in [1.807, 2.05) is 31.2 Å². The Balaban J connectivity index is 0.00000324. The summed E-state index contributed by atoms with van der Waals surface area (Å²) < 4.78 is 1.03. The summed E-state index contributed by atoms with van der Waals surface area (Å²) in [7, 11) is 0. The Labute approximate surface area is 129 Å². The Kier molecular flexibility index (Phi) is 9.06. The van der Waals surface area contributed by atoms with Gasteiger partial charge in [0, 0.05) is 10.5 Å². The maximum Gasteiger partial charge on any atom is 0.320 e. The van der Waals surface area contributed by atoms with Crippen molar-refractivity contribution in [1.82, 2.24) is 5.32 Å². The van der Waals surface area contributed by atoms with Gasteiger partial charge in [-0.05, 0) is 30.5 Å². The number of hydrogen-bond acceptors (Lipinski definition) is 2. The Morgan fingerprint density at radius 2 is 1.89 bits per heavy atom. The summed E-state index contributed by atoms with van der Waals surface area (Å²) in [6.07, 6.45) is 2.39. The minimum atomic E-state index is -0.771. The van der Waals surface area contributed by atoms with E-state index in [1.165, 1.54) is 0 Å². The zero-order valence-corrected chi connectivity index (χ0v) is 13.6. The predicted octanol–water partition coefficient (Wildman–Crippen LogP) is 4.16. The molecular formula is C14H21BrClNO2. The fourth-order valence-corrected chi connectivity index (χ4v) is 2.22. The van der Waals surface area contributed by atoms with Gasteiger partial charge in [-0.15, -0.1) is 12.4 Å². The fourth-order valence-electron chi connectivity index (χ4n) is 1.95. The summed E-state index contributed by atoms with van der Waals surface area (Å²) in [6, 6.07) is 7.63. The van der Waals surface area contributed by atoms with E-state index >= 15 is 0 Å². The maximum atomic E-state index is 11.2. The molecule has 0 saturated carbocycles. The highest BCUT2D eigenvalue weighted by Gasteiger charge is 2.20. The van der Waals surface area contributed by atoms with Gasteiger partial charge < -0.3 is 5.11 Å². The minimum Gasteiger partial charge on any atom is -0.480 e. The highest BCUT2D eigenvalue weighted by molar-refractivity contribution is 9.10. The van der Waals surface area contributed by atoms with Crippen LogP contribution in [0.15, 0.2) is 28.7 Å². The van der Waals surface area contributed by atoms with E-state index in [0.717, 1.165) is 22.9 Å². The van der Waals surface area contributed by atoms with Gasteiger partial charge in [0.1, 0.15) is 6.04 Å². The molecule has 0 aliphatic carbocycles. The third kappa shape index (κ3) is 5.93. The summed E-state index contributed by atoms with van der Waals surface area (Å²) in [5.41, 5.74) is 1.13. The van der Waals surface area contributed by atoms with Gasteiger partial charge in [-0.25, -0.2) is 0 Å². The minimum absolute atomic E-state index is 0. The van der Waals surface area contributed by atoms with Gasteiger partial charge in [-0.1, -0.05) is 48.3 Å². The molecule has 0 spiro atoms. The lowest BCUT2D eigenvalue weighted by Crippen LogP contribution is -2.38. The fraction of sp³-hybridized carbons (Fsp3) is 0.500. The van der Waals surface area contributed by atoms with E-state index in [0.29, 0.717) is 6.42 Å². The summed E-state index contributed by atoms with van der Waals surface area (Å²) in [5, 5.41) is 12.4. The van der Waals surface area contributed by atoms with Crippen molar-refractivity contribution < 1.29 is 9.90 Å². The predicted molar refractivity (Wildman–Crippen MR) is 83.9 cm³/mol. The second-order valence-corrected chi connectivity index (χ2v) is 5.27. The number of benzene rings is 1. The van der Waals surface area contributed by atoms with Gasteiger partial charge in [0.2, 0.25) is 0 Å². The maximum absolute atomic E-state index is 11.2. The molecule has 0 saturated heterocycles. The topological polar surface area (TPSA) is 49.3 Å². The first-order valence-corrected chi connectivity index (χ1v) is 7.12. The van der Waals surface area contributed by atoms with Crippen LogP contribution in [0.4, 0.5) is 0 Å². The number of nitrogens with one attached hydrogen (secondary N) is 1. The van der Waals surface area contributed by atoms with Gasteiger partial charge in [-0.2, -0.15) is 0 Å². The number of rotatable bonds is 7. The number of aliphatic carboxylic acids is 1. The Bertz CT molecular complexity index is 384. The van der Waals surface area contributed by atoms with Crippen LogP contribution in [0.5, 0.6) is 0 Å². The molecule has 108 valence electrons. The van der Waals surface area contributed by atoms with Crippen LogP contribution in [0.25, 0.3) is 0 Å². The first-order chi connectivity index (χ1) is 8.58. The van der Waals surface area contributed by atoms with Crippen LogP contribution in [0, 0.1) is 0 Å². The van der Waals surface area contributed by atoms with E-state index in [-0.39, 0.29) is 18.4 Å². The van der Waals surface area contributed by atoms with Crippen molar-refractivity contribution in [2.24, 2.45) is 0 Å². The van der Waals surface area contributed by atoms with Crippen molar-refractivity contribution in [3.8, 4) is 0 Å². The number of carboxylic acids is 1. The Hall–Kier alpha value is -0.580. The van der Waals surface area contributed by atoms with Crippen molar-refractivity contribution in [2.45, 2.75) is 45.2 Å². The molecule has 1 aromatic rings. The van der Waals surface area contributed by atoms with Crippen molar-refractivity contribution in [1.29, 1.82) is 0 Å². The lowest BCUT2D eigenvalue weighted by molar-refractivity contribution is -0.139. The second kappa shape index (κ2) is 9.34. The highest BCUT2D eigenvalue weighted by Crippen LogP contribution is 2.20. The zero-order chi connectivity index (χ0) is 13.5. The molecule has 0 heterocycles.